The van der Waals surface area contributed by atoms with Gasteiger partial charge in [-0.3, -0.25) is 14.4 Å². The predicted octanol–water partition coefficient (Wildman–Crippen LogP) is 18.9. The summed E-state index contributed by atoms with van der Waals surface area (Å²) in [6.07, 6.45) is 64.1. The van der Waals surface area contributed by atoms with Crippen LogP contribution in [0.3, 0.4) is 0 Å². The number of hydrogen-bond acceptors (Lipinski definition) is 6. The van der Waals surface area contributed by atoms with Gasteiger partial charge in [0.2, 0.25) is 0 Å². The van der Waals surface area contributed by atoms with Gasteiger partial charge in [-0.05, 0) is 57.8 Å². The molecule has 0 aliphatic carbocycles. The van der Waals surface area contributed by atoms with E-state index in [0.717, 1.165) is 77.0 Å². The molecule has 0 aliphatic heterocycles. The van der Waals surface area contributed by atoms with Gasteiger partial charge >= 0.3 is 17.9 Å². The van der Waals surface area contributed by atoms with E-state index in [0.29, 0.717) is 19.3 Å². The molecule has 0 heterocycles. The van der Waals surface area contributed by atoms with Crippen molar-refractivity contribution in [1.29, 1.82) is 0 Å². The summed E-state index contributed by atoms with van der Waals surface area (Å²) in [6.45, 7) is 6.65. The Morgan fingerprint density at radius 2 is 0.554 bits per heavy atom. The molecule has 1 atom stereocenters. The van der Waals surface area contributed by atoms with Gasteiger partial charge in [0.1, 0.15) is 13.2 Å². The molecule has 0 aromatic rings. The number of ether oxygens (including phenoxy) is 3. The summed E-state index contributed by atoms with van der Waals surface area (Å²) in [4.78, 5) is 38.1. The van der Waals surface area contributed by atoms with Crippen molar-refractivity contribution < 1.29 is 28.6 Å². The number of esters is 3. The Morgan fingerprint density at radius 1 is 0.308 bits per heavy atom. The zero-order valence-electron chi connectivity index (χ0n) is 43.5. The van der Waals surface area contributed by atoms with Crippen LogP contribution in [0, 0.1) is 0 Å². The Labute approximate surface area is 404 Å². The van der Waals surface area contributed by atoms with E-state index >= 15 is 0 Å². The highest BCUT2D eigenvalue weighted by atomic mass is 16.6. The maximum Gasteiger partial charge on any atom is 0.306 e. The van der Waals surface area contributed by atoms with Crippen LogP contribution in [0.1, 0.15) is 303 Å². The SMILES string of the molecule is CCCCCCC/C=C\C/C=C\C/C=C\CCCCCCCCC(=O)OCC(COC(=O)CCCCCCCCCCCCCCC)OC(=O)CCCCCCCCCCCCCCC. The summed E-state index contributed by atoms with van der Waals surface area (Å²) in [5.74, 6) is -0.868. The van der Waals surface area contributed by atoms with Gasteiger partial charge in [-0.25, -0.2) is 0 Å². The molecule has 65 heavy (non-hydrogen) atoms. The number of rotatable bonds is 52. The number of unbranched alkanes of at least 4 members (excludes halogenated alkanes) is 35. The number of allylic oxidation sites excluding steroid dienone is 6. The summed E-state index contributed by atoms with van der Waals surface area (Å²) >= 11 is 0. The minimum atomic E-state index is -0.772. The van der Waals surface area contributed by atoms with Gasteiger partial charge in [0, 0.05) is 19.3 Å². The minimum absolute atomic E-state index is 0.0717. The molecule has 0 aromatic heterocycles. The predicted molar refractivity (Wildman–Crippen MR) is 279 cm³/mol. The van der Waals surface area contributed by atoms with E-state index in [1.165, 1.54) is 186 Å². The first-order valence-corrected chi connectivity index (χ1v) is 28.5. The maximum absolute atomic E-state index is 12.8. The quantitative estimate of drug-likeness (QED) is 0.0262. The molecule has 0 aromatic carbocycles. The summed E-state index contributed by atoms with van der Waals surface area (Å²) in [6, 6.07) is 0. The van der Waals surface area contributed by atoms with Crippen LogP contribution < -0.4 is 0 Å². The topological polar surface area (TPSA) is 78.9 Å². The first-order valence-electron chi connectivity index (χ1n) is 28.5. The molecule has 0 rings (SSSR count). The zero-order valence-corrected chi connectivity index (χ0v) is 43.5. The fraction of sp³-hybridized carbons (Fsp3) is 0.847. The fourth-order valence-corrected chi connectivity index (χ4v) is 8.33. The van der Waals surface area contributed by atoms with Crippen molar-refractivity contribution in [3.8, 4) is 0 Å². The number of carbonyl (C=O) groups is 3. The average molecular weight is 914 g/mol. The summed E-state index contributed by atoms with van der Waals surface area (Å²) in [5.41, 5.74) is 0. The molecule has 380 valence electrons. The lowest BCUT2D eigenvalue weighted by atomic mass is 10.0. The molecule has 0 amide bonds. The lowest BCUT2D eigenvalue weighted by molar-refractivity contribution is -0.167. The minimum Gasteiger partial charge on any atom is -0.462 e. The second-order valence-corrected chi connectivity index (χ2v) is 19.2. The Kier molecular flexibility index (Phi) is 52.3. The molecule has 0 spiro atoms. The van der Waals surface area contributed by atoms with Crippen LogP contribution in [0.2, 0.25) is 0 Å². The monoisotopic (exact) mass is 913 g/mol. The highest BCUT2D eigenvalue weighted by Crippen LogP contribution is 2.16. The fourth-order valence-electron chi connectivity index (χ4n) is 8.33. The molecule has 0 N–H and O–H groups in total. The van der Waals surface area contributed by atoms with Crippen LogP contribution in [0.25, 0.3) is 0 Å². The Hall–Kier alpha value is -2.37. The van der Waals surface area contributed by atoms with E-state index in [9.17, 15) is 14.4 Å². The van der Waals surface area contributed by atoms with Crippen molar-refractivity contribution in [1.82, 2.24) is 0 Å². The highest BCUT2D eigenvalue weighted by Gasteiger charge is 2.19. The molecule has 0 radical (unpaired) electrons. The van der Waals surface area contributed by atoms with E-state index < -0.39 is 6.10 Å². The van der Waals surface area contributed by atoms with Gasteiger partial charge < -0.3 is 14.2 Å². The summed E-state index contributed by atoms with van der Waals surface area (Å²) in [5, 5.41) is 0. The molecule has 1 unspecified atom stereocenters. The summed E-state index contributed by atoms with van der Waals surface area (Å²) < 4.78 is 16.8. The van der Waals surface area contributed by atoms with Crippen LogP contribution in [0.15, 0.2) is 36.5 Å². The lowest BCUT2D eigenvalue weighted by Crippen LogP contribution is -2.30. The third kappa shape index (κ3) is 52.5. The number of carbonyl (C=O) groups excluding carboxylic acids is 3. The van der Waals surface area contributed by atoms with Gasteiger partial charge in [-0.15, -0.1) is 0 Å². The van der Waals surface area contributed by atoms with Gasteiger partial charge in [0.15, 0.2) is 6.10 Å². The molecule has 0 fully saturated rings. The Balaban J connectivity index is 4.32. The molecule has 0 bridgehead atoms. The molecule has 0 saturated carbocycles. The van der Waals surface area contributed by atoms with Crippen molar-refractivity contribution in [3.05, 3.63) is 36.5 Å². The number of hydrogen-bond donors (Lipinski definition) is 0. The smallest absolute Gasteiger partial charge is 0.306 e. The normalized spacial score (nSPS) is 12.2. The van der Waals surface area contributed by atoms with Crippen LogP contribution in [-0.2, 0) is 28.6 Å². The first-order chi connectivity index (χ1) is 32.0. The Bertz CT molecular complexity index is 1090. The van der Waals surface area contributed by atoms with Crippen molar-refractivity contribution in [2.75, 3.05) is 13.2 Å². The van der Waals surface area contributed by atoms with E-state index in [1.807, 2.05) is 0 Å². The van der Waals surface area contributed by atoms with E-state index in [4.69, 9.17) is 14.2 Å². The molecular weight excluding hydrogens is 805 g/mol. The van der Waals surface area contributed by atoms with Crippen LogP contribution in [-0.4, -0.2) is 37.2 Å². The molecular formula is C59H108O6. The molecule has 0 saturated heterocycles. The van der Waals surface area contributed by atoms with Crippen LogP contribution in [0.5, 0.6) is 0 Å². The maximum atomic E-state index is 12.8. The van der Waals surface area contributed by atoms with E-state index in [2.05, 4.69) is 57.2 Å². The van der Waals surface area contributed by atoms with Crippen molar-refractivity contribution in [2.24, 2.45) is 0 Å². The van der Waals surface area contributed by atoms with Gasteiger partial charge in [-0.2, -0.15) is 0 Å². The third-order valence-corrected chi connectivity index (χ3v) is 12.6. The van der Waals surface area contributed by atoms with Crippen LogP contribution >= 0.6 is 0 Å². The highest BCUT2D eigenvalue weighted by molar-refractivity contribution is 5.71. The molecule has 6 heteroatoms. The van der Waals surface area contributed by atoms with E-state index in [-0.39, 0.29) is 31.1 Å². The summed E-state index contributed by atoms with van der Waals surface area (Å²) in [7, 11) is 0. The first kappa shape index (κ1) is 62.6. The largest absolute Gasteiger partial charge is 0.462 e. The Morgan fingerprint density at radius 3 is 0.862 bits per heavy atom. The second-order valence-electron chi connectivity index (χ2n) is 19.2. The van der Waals surface area contributed by atoms with Crippen LogP contribution in [0.4, 0.5) is 0 Å². The van der Waals surface area contributed by atoms with E-state index in [1.54, 1.807) is 0 Å². The van der Waals surface area contributed by atoms with Gasteiger partial charge in [0.05, 0.1) is 0 Å². The average Bonchev–Trinajstić information content (AvgIpc) is 3.30. The van der Waals surface area contributed by atoms with Gasteiger partial charge in [-0.1, -0.05) is 263 Å². The lowest BCUT2D eigenvalue weighted by Gasteiger charge is -2.18. The zero-order chi connectivity index (χ0) is 47.2. The van der Waals surface area contributed by atoms with Crippen molar-refractivity contribution >= 4 is 17.9 Å². The molecule has 6 nitrogen and oxygen atoms in total. The second kappa shape index (κ2) is 54.2. The molecule has 0 aliphatic rings. The third-order valence-electron chi connectivity index (χ3n) is 12.6. The standard InChI is InChI=1S/C59H108O6/c1-4-7-10-13-16-19-22-25-26-27-28-29-30-31-32-35-37-40-43-46-49-52-58(61)64-55-56(65-59(62)53-50-47-44-41-38-34-24-21-18-15-12-9-6-3)54-63-57(60)51-48-45-42-39-36-33-23-20-17-14-11-8-5-2/h22,25,27-28,30-31,56H,4-21,23-24,26,29,32-55H2,1-3H3/b25-22-,28-27-,31-30-. The van der Waals surface area contributed by atoms with Crippen molar-refractivity contribution in [3.63, 3.8) is 0 Å². The van der Waals surface area contributed by atoms with Crippen molar-refractivity contribution in [2.45, 2.75) is 309 Å². The van der Waals surface area contributed by atoms with Gasteiger partial charge in [0.25, 0.3) is 0 Å².